The Morgan fingerprint density at radius 2 is 2.04 bits per heavy atom. The topological polar surface area (TPSA) is 77.1 Å². The van der Waals surface area contributed by atoms with E-state index in [1.54, 1.807) is 12.1 Å². The standard InChI is InChI=1S/C19H21N5O/c1-11-15-8-16(24-7-6-13-9-20-10-17(13)24)18(21-19(15)23-22-11)12-2-4-14(25)5-3-12/h2-5,8,13,17,20,25H,6-7,9-10H2,1H3,(H,21,22,23). The molecule has 2 aliphatic rings. The number of pyridine rings is 1. The molecule has 2 atom stereocenters. The molecule has 128 valence electrons. The highest BCUT2D eigenvalue weighted by atomic mass is 16.3. The average molecular weight is 335 g/mol. The van der Waals surface area contributed by atoms with Crippen LogP contribution in [0.3, 0.4) is 0 Å². The lowest BCUT2D eigenvalue weighted by molar-refractivity contribution is 0.475. The SMILES string of the molecule is Cc1[nH]nc2nc(-c3ccc(O)cc3)c(N3CCC4CNCC43)cc12. The molecule has 25 heavy (non-hydrogen) atoms. The van der Waals surface area contributed by atoms with Gasteiger partial charge in [-0.3, -0.25) is 5.10 Å². The van der Waals surface area contributed by atoms with E-state index in [1.165, 1.54) is 12.1 Å². The predicted molar refractivity (Wildman–Crippen MR) is 97.8 cm³/mol. The van der Waals surface area contributed by atoms with E-state index in [1.807, 2.05) is 19.1 Å². The van der Waals surface area contributed by atoms with Gasteiger partial charge < -0.3 is 15.3 Å². The van der Waals surface area contributed by atoms with Crippen LogP contribution >= 0.6 is 0 Å². The van der Waals surface area contributed by atoms with Gasteiger partial charge in [-0.1, -0.05) is 0 Å². The van der Waals surface area contributed by atoms with Crippen LogP contribution in [0.5, 0.6) is 5.75 Å². The number of rotatable bonds is 2. The Kier molecular flexibility index (Phi) is 3.21. The molecule has 0 saturated carbocycles. The van der Waals surface area contributed by atoms with E-state index in [0.29, 0.717) is 12.0 Å². The number of aryl methyl sites for hydroxylation is 1. The first-order valence-corrected chi connectivity index (χ1v) is 8.83. The summed E-state index contributed by atoms with van der Waals surface area (Å²) in [7, 11) is 0. The van der Waals surface area contributed by atoms with Gasteiger partial charge in [0.1, 0.15) is 5.75 Å². The van der Waals surface area contributed by atoms with Crippen molar-refractivity contribution in [2.75, 3.05) is 24.5 Å². The number of hydrogen-bond acceptors (Lipinski definition) is 5. The highest BCUT2D eigenvalue weighted by Crippen LogP contribution is 2.39. The van der Waals surface area contributed by atoms with Gasteiger partial charge in [0.15, 0.2) is 5.65 Å². The summed E-state index contributed by atoms with van der Waals surface area (Å²) in [4.78, 5) is 7.37. The minimum absolute atomic E-state index is 0.267. The molecule has 2 aromatic heterocycles. The summed E-state index contributed by atoms with van der Waals surface area (Å²) in [5, 5.41) is 21.6. The number of H-pyrrole nitrogens is 1. The van der Waals surface area contributed by atoms with Crippen LogP contribution in [0.15, 0.2) is 30.3 Å². The third-order valence-electron chi connectivity index (χ3n) is 5.61. The van der Waals surface area contributed by atoms with Crippen LogP contribution in [-0.2, 0) is 0 Å². The summed E-state index contributed by atoms with van der Waals surface area (Å²) in [6.07, 6.45) is 1.22. The Morgan fingerprint density at radius 3 is 2.88 bits per heavy atom. The molecule has 0 spiro atoms. The van der Waals surface area contributed by atoms with Crippen LogP contribution in [0.4, 0.5) is 5.69 Å². The first-order chi connectivity index (χ1) is 12.2. The van der Waals surface area contributed by atoms with Crippen molar-refractivity contribution in [1.29, 1.82) is 0 Å². The lowest BCUT2D eigenvalue weighted by atomic mass is 10.0. The number of hydrogen-bond donors (Lipinski definition) is 3. The first-order valence-electron chi connectivity index (χ1n) is 8.83. The maximum atomic E-state index is 9.63. The van der Waals surface area contributed by atoms with Crippen molar-refractivity contribution in [2.45, 2.75) is 19.4 Å². The van der Waals surface area contributed by atoms with Crippen LogP contribution in [-0.4, -0.2) is 46.0 Å². The van der Waals surface area contributed by atoms with Crippen LogP contribution in [0.1, 0.15) is 12.1 Å². The third-order valence-corrected chi connectivity index (χ3v) is 5.61. The van der Waals surface area contributed by atoms with Crippen molar-refractivity contribution >= 4 is 16.7 Å². The second-order valence-corrected chi connectivity index (χ2v) is 7.09. The van der Waals surface area contributed by atoms with Gasteiger partial charge in [0.2, 0.25) is 0 Å². The summed E-state index contributed by atoms with van der Waals surface area (Å²) < 4.78 is 0. The van der Waals surface area contributed by atoms with Gasteiger partial charge in [0.25, 0.3) is 0 Å². The van der Waals surface area contributed by atoms with Crippen LogP contribution in [0, 0.1) is 12.8 Å². The molecule has 1 aromatic carbocycles. The fourth-order valence-electron chi connectivity index (χ4n) is 4.25. The molecule has 6 nitrogen and oxygen atoms in total. The summed E-state index contributed by atoms with van der Waals surface area (Å²) >= 11 is 0. The number of phenolic OH excluding ortho intramolecular Hbond substituents is 1. The molecular weight excluding hydrogens is 314 g/mol. The normalized spacial score (nSPS) is 22.7. The van der Waals surface area contributed by atoms with Gasteiger partial charge in [-0.05, 0) is 49.6 Å². The smallest absolute Gasteiger partial charge is 0.181 e. The van der Waals surface area contributed by atoms with Gasteiger partial charge in [0.05, 0.1) is 11.4 Å². The van der Waals surface area contributed by atoms with Gasteiger partial charge in [0, 0.05) is 42.3 Å². The zero-order chi connectivity index (χ0) is 17.0. The number of aromatic nitrogens is 3. The van der Waals surface area contributed by atoms with Gasteiger partial charge in [-0.15, -0.1) is 0 Å². The number of aromatic hydroxyl groups is 1. The second kappa shape index (κ2) is 5.46. The van der Waals surface area contributed by atoms with Gasteiger partial charge >= 0.3 is 0 Å². The molecule has 2 fully saturated rings. The predicted octanol–water partition coefficient (Wildman–Crippen LogP) is 2.44. The molecule has 2 unspecified atom stereocenters. The third kappa shape index (κ3) is 2.28. The number of anilines is 1. The summed E-state index contributed by atoms with van der Waals surface area (Å²) in [6, 6.07) is 10.0. The first kappa shape index (κ1) is 14.7. The zero-order valence-corrected chi connectivity index (χ0v) is 14.2. The van der Waals surface area contributed by atoms with E-state index in [4.69, 9.17) is 4.98 Å². The van der Waals surface area contributed by atoms with Gasteiger partial charge in [-0.2, -0.15) is 5.10 Å². The lowest BCUT2D eigenvalue weighted by Gasteiger charge is -2.27. The highest BCUT2D eigenvalue weighted by molar-refractivity contribution is 5.89. The van der Waals surface area contributed by atoms with Crippen molar-refractivity contribution in [3.05, 3.63) is 36.0 Å². The van der Waals surface area contributed by atoms with Crippen LogP contribution in [0.25, 0.3) is 22.3 Å². The zero-order valence-electron chi connectivity index (χ0n) is 14.2. The molecular formula is C19H21N5O. The minimum Gasteiger partial charge on any atom is -0.508 e. The Balaban J connectivity index is 1.70. The van der Waals surface area contributed by atoms with Crippen molar-refractivity contribution in [1.82, 2.24) is 20.5 Å². The average Bonchev–Trinajstić information content (AvgIpc) is 3.31. The molecule has 0 radical (unpaired) electrons. The second-order valence-electron chi connectivity index (χ2n) is 7.09. The molecule has 0 aliphatic carbocycles. The van der Waals surface area contributed by atoms with E-state index >= 15 is 0 Å². The van der Waals surface area contributed by atoms with Crippen LogP contribution < -0.4 is 10.2 Å². The number of nitrogens with one attached hydrogen (secondary N) is 2. The van der Waals surface area contributed by atoms with Crippen LogP contribution in [0.2, 0.25) is 0 Å². The molecule has 2 aliphatic heterocycles. The molecule has 3 aromatic rings. The van der Waals surface area contributed by atoms with E-state index in [2.05, 4.69) is 26.5 Å². The van der Waals surface area contributed by atoms with E-state index in [0.717, 1.165) is 47.6 Å². The maximum Gasteiger partial charge on any atom is 0.181 e. The van der Waals surface area contributed by atoms with Gasteiger partial charge in [-0.25, -0.2) is 4.98 Å². The molecule has 2 saturated heterocycles. The lowest BCUT2D eigenvalue weighted by Crippen LogP contribution is -2.34. The van der Waals surface area contributed by atoms with Crippen molar-refractivity contribution in [2.24, 2.45) is 5.92 Å². The van der Waals surface area contributed by atoms with Crippen molar-refractivity contribution in [3.8, 4) is 17.0 Å². The molecule has 4 heterocycles. The monoisotopic (exact) mass is 335 g/mol. The minimum atomic E-state index is 0.267. The fraction of sp³-hybridized carbons (Fsp3) is 0.368. The van der Waals surface area contributed by atoms with E-state index in [9.17, 15) is 5.11 Å². The van der Waals surface area contributed by atoms with E-state index in [-0.39, 0.29) is 5.75 Å². The van der Waals surface area contributed by atoms with E-state index < -0.39 is 0 Å². The quantitative estimate of drug-likeness (QED) is 0.670. The number of benzene rings is 1. The molecule has 5 rings (SSSR count). The van der Waals surface area contributed by atoms with Crippen molar-refractivity contribution in [3.63, 3.8) is 0 Å². The molecule has 0 bridgehead atoms. The molecule has 6 heteroatoms. The Hall–Kier alpha value is -2.60. The number of aromatic amines is 1. The molecule has 3 N–H and O–H groups in total. The Labute approximate surface area is 145 Å². The maximum absolute atomic E-state index is 9.63. The summed E-state index contributed by atoms with van der Waals surface area (Å²) in [5.41, 5.74) is 4.89. The fourth-order valence-corrected chi connectivity index (χ4v) is 4.25. The Bertz CT molecular complexity index is 933. The largest absolute Gasteiger partial charge is 0.508 e. The number of fused-ring (bicyclic) bond motifs is 2. The summed E-state index contributed by atoms with van der Waals surface area (Å²) in [6.45, 7) is 5.23. The highest BCUT2D eigenvalue weighted by Gasteiger charge is 2.38. The molecule has 0 amide bonds. The number of phenols is 1. The number of nitrogens with zero attached hydrogens (tertiary/aromatic N) is 3. The van der Waals surface area contributed by atoms with Crippen molar-refractivity contribution < 1.29 is 5.11 Å². The summed E-state index contributed by atoms with van der Waals surface area (Å²) in [5.74, 6) is 0.983. The Morgan fingerprint density at radius 1 is 1.20 bits per heavy atom.